The number of allylic oxidation sites excluding steroid dienone is 1. The molecule has 5 nitrogen and oxygen atoms in total. The van der Waals surface area contributed by atoms with Gasteiger partial charge in [0.15, 0.2) is 0 Å². The maximum Gasteiger partial charge on any atom is 0.270 e. The zero-order valence-electron chi connectivity index (χ0n) is 9.42. The van der Waals surface area contributed by atoms with E-state index in [1.165, 1.54) is 12.1 Å². The fourth-order valence-corrected chi connectivity index (χ4v) is 1.31. The van der Waals surface area contributed by atoms with Gasteiger partial charge in [-0.3, -0.25) is 10.1 Å². The zero-order chi connectivity index (χ0) is 12.7. The molecule has 1 aromatic rings. The number of nitro groups is 1. The molecule has 0 radical (unpaired) electrons. The molecule has 0 unspecified atom stereocenters. The quantitative estimate of drug-likeness (QED) is 0.577. The number of nitro benzene ring substituents is 1. The van der Waals surface area contributed by atoms with Crippen molar-refractivity contribution in [3.63, 3.8) is 0 Å². The second kappa shape index (κ2) is 6.28. The summed E-state index contributed by atoms with van der Waals surface area (Å²) in [5.41, 5.74) is 0.612. The van der Waals surface area contributed by atoms with Crippen molar-refractivity contribution in [3.8, 4) is 11.8 Å². The number of hydrogen-bond donors (Lipinski definition) is 0. The van der Waals surface area contributed by atoms with Crippen LogP contribution in [0.2, 0.25) is 0 Å². The van der Waals surface area contributed by atoms with Gasteiger partial charge in [0.25, 0.3) is 5.69 Å². The van der Waals surface area contributed by atoms with Gasteiger partial charge in [-0.15, -0.1) is 0 Å². The second-order valence-electron chi connectivity index (χ2n) is 3.18. The van der Waals surface area contributed by atoms with Crippen molar-refractivity contribution in [2.24, 2.45) is 0 Å². The first-order valence-corrected chi connectivity index (χ1v) is 5.13. The molecule has 0 bridgehead atoms. The van der Waals surface area contributed by atoms with E-state index in [4.69, 9.17) is 10.00 Å². The molecule has 0 saturated carbocycles. The molecular formula is C12H12N2O3. The van der Waals surface area contributed by atoms with Gasteiger partial charge in [0, 0.05) is 17.7 Å². The Morgan fingerprint density at radius 2 is 2.35 bits per heavy atom. The maximum atomic E-state index is 10.6. The third-order valence-corrected chi connectivity index (χ3v) is 2.01. The van der Waals surface area contributed by atoms with E-state index in [1.54, 1.807) is 18.2 Å². The predicted molar refractivity (Wildman–Crippen MR) is 63.5 cm³/mol. The SMILES string of the molecule is CCOc1ccc([N+](=O)[O-])cc1C=CCC#N. The lowest BCUT2D eigenvalue weighted by molar-refractivity contribution is -0.384. The van der Waals surface area contributed by atoms with Crippen LogP contribution < -0.4 is 4.74 Å². The molecular weight excluding hydrogens is 220 g/mol. The number of hydrogen-bond acceptors (Lipinski definition) is 4. The monoisotopic (exact) mass is 232 g/mol. The van der Waals surface area contributed by atoms with Crippen LogP contribution in [-0.4, -0.2) is 11.5 Å². The second-order valence-corrected chi connectivity index (χ2v) is 3.18. The van der Waals surface area contributed by atoms with Crippen molar-refractivity contribution in [2.75, 3.05) is 6.61 Å². The number of ether oxygens (including phenoxy) is 1. The van der Waals surface area contributed by atoms with Crippen LogP contribution in [0.4, 0.5) is 5.69 Å². The summed E-state index contributed by atoms with van der Waals surface area (Å²) in [4.78, 5) is 10.2. The standard InChI is InChI=1S/C12H12N2O3/c1-2-17-12-7-6-11(14(15)16)9-10(12)5-3-4-8-13/h3,5-7,9H,2,4H2,1H3. The molecule has 0 spiro atoms. The van der Waals surface area contributed by atoms with Crippen LogP contribution in [-0.2, 0) is 0 Å². The van der Waals surface area contributed by atoms with Gasteiger partial charge in [-0.25, -0.2) is 0 Å². The number of benzene rings is 1. The fraction of sp³-hybridized carbons (Fsp3) is 0.250. The van der Waals surface area contributed by atoms with Gasteiger partial charge >= 0.3 is 0 Å². The first-order chi connectivity index (χ1) is 8.19. The lowest BCUT2D eigenvalue weighted by atomic mass is 10.1. The highest BCUT2D eigenvalue weighted by Crippen LogP contribution is 2.25. The first kappa shape index (κ1) is 12.7. The van der Waals surface area contributed by atoms with E-state index in [1.807, 2.05) is 13.0 Å². The van der Waals surface area contributed by atoms with Gasteiger partial charge in [0.2, 0.25) is 0 Å². The Morgan fingerprint density at radius 1 is 1.59 bits per heavy atom. The van der Waals surface area contributed by atoms with Crippen LogP contribution in [0.5, 0.6) is 5.75 Å². The average molecular weight is 232 g/mol. The number of non-ortho nitro benzene ring substituents is 1. The Hall–Kier alpha value is -2.35. The van der Waals surface area contributed by atoms with Gasteiger partial charge in [0.1, 0.15) is 5.75 Å². The van der Waals surface area contributed by atoms with E-state index < -0.39 is 4.92 Å². The molecule has 0 saturated heterocycles. The van der Waals surface area contributed by atoms with E-state index >= 15 is 0 Å². The summed E-state index contributed by atoms with van der Waals surface area (Å²) in [6, 6.07) is 6.35. The topological polar surface area (TPSA) is 76.2 Å². The van der Waals surface area contributed by atoms with Crippen molar-refractivity contribution in [1.29, 1.82) is 5.26 Å². The van der Waals surface area contributed by atoms with Crippen molar-refractivity contribution in [3.05, 3.63) is 40.0 Å². The molecule has 5 heteroatoms. The lowest BCUT2D eigenvalue weighted by Crippen LogP contribution is -1.95. The molecule has 0 aliphatic heterocycles. The van der Waals surface area contributed by atoms with Gasteiger partial charge in [0.05, 0.1) is 24.0 Å². The minimum Gasteiger partial charge on any atom is -0.493 e. The first-order valence-electron chi connectivity index (χ1n) is 5.13. The normalized spacial score (nSPS) is 10.1. The minimum atomic E-state index is -0.461. The fourth-order valence-electron chi connectivity index (χ4n) is 1.31. The highest BCUT2D eigenvalue weighted by Gasteiger charge is 2.09. The molecule has 88 valence electrons. The van der Waals surface area contributed by atoms with Crippen molar-refractivity contribution >= 4 is 11.8 Å². The molecule has 0 N–H and O–H groups in total. The number of rotatable bonds is 5. The van der Waals surface area contributed by atoms with Gasteiger partial charge < -0.3 is 4.74 Å². The van der Waals surface area contributed by atoms with Gasteiger partial charge in [-0.2, -0.15) is 5.26 Å². The lowest BCUT2D eigenvalue weighted by Gasteiger charge is -2.06. The largest absolute Gasteiger partial charge is 0.493 e. The Balaban J connectivity index is 3.07. The van der Waals surface area contributed by atoms with Crippen LogP contribution in [0.15, 0.2) is 24.3 Å². The van der Waals surface area contributed by atoms with Crippen LogP contribution in [0, 0.1) is 21.4 Å². The van der Waals surface area contributed by atoms with Crippen molar-refractivity contribution in [1.82, 2.24) is 0 Å². The summed E-state index contributed by atoms with van der Waals surface area (Å²) in [5, 5.41) is 19.1. The van der Waals surface area contributed by atoms with Crippen molar-refractivity contribution in [2.45, 2.75) is 13.3 Å². The Labute approximate surface area is 99.1 Å². The Kier molecular flexibility index (Phi) is 4.70. The van der Waals surface area contributed by atoms with E-state index in [2.05, 4.69) is 0 Å². The molecule has 1 rings (SSSR count). The third-order valence-electron chi connectivity index (χ3n) is 2.01. The molecule has 0 heterocycles. The smallest absolute Gasteiger partial charge is 0.270 e. The molecule has 0 amide bonds. The van der Waals surface area contributed by atoms with Crippen molar-refractivity contribution < 1.29 is 9.66 Å². The van der Waals surface area contributed by atoms with E-state index in [0.717, 1.165) is 0 Å². The number of nitriles is 1. The van der Waals surface area contributed by atoms with Crippen LogP contribution in [0.25, 0.3) is 6.08 Å². The van der Waals surface area contributed by atoms with Gasteiger partial charge in [-0.1, -0.05) is 12.2 Å². The molecule has 0 aromatic heterocycles. The molecule has 0 fully saturated rings. The van der Waals surface area contributed by atoms with Crippen LogP contribution >= 0.6 is 0 Å². The molecule has 0 aliphatic carbocycles. The van der Waals surface area contributed by atoms with Crippen LogP contribution in [0.1, 0.15) is 18.9 Å². The minimum absolute atomic E-state index is 0.00469. The molecule has 17 heavy (non-hydrogen) atoms. The molecule has 1 aromatic carbocycles. The molecule has 0 atom stereocenters. The maximum absolute atomic E-state index is 10.6. The highest BCUT2D eigenvalue weighted by atomic mass is 16.6. The summed E-state index contributed by atoms with van der Waals surface area (Å²) < 4.78 is 5.35. The van der Waals surface area contributed by atoms with E-state index in [-0.39, 0.29) is 12.1 Å². The Morgan fingerprint density at radius 3 is 2.94 bits per heavy atom. The zero-order valence-corrected chi connectivity index (χ0v) is 9.42. The highest BCUT2D eigenvalue weighted by molar-refractivity contribution is 5.61. The summed E-state index contributed by atoms with van der Waals surface area (Å²) in [6.07, 6.45) is 3.55. The van der Waals surface area contributed by atoms with E-state index in [9.17, 15) is 10.1 Å². The summed E-state index contributed by atoms with van der Waals surface area (Å²) in [7, 11) is 0. The van der Waals surface area contributed by atoms with Gasteiger partial charge in [-0.05, 0) is 13.0 Å². The van der Waals surface area contributed by atoms with Crippen LogP contribution in [0.3, 0.4) is 0 Å². The average Bonchev–Trinajstić information content (AvgIpc) is 2.31. The summed E-state index contributed by atoms with van der Waals surface area (Å²) in [6.45, 7) is 2.32. The summed E-state index contributed by atoms with van der Waals surface area (Å²) >= 11 is 0. The molecule has 0 aliphatic rings. The number of nitrogens with zero attached hydrogens (tertiary/aromatic N) is 2. The van der Waals surface area contributed by atoms with E-state index in [0.29, 0.717) is 17.9 Å². The summed E-state index contributed by atoms with van der Waals surface area (Å²) in [5.74, 6) is 0.576. The Bertz CT molecular complexity index is 475. The third kappa shape index (κ3) is 3.61. The predicted octanol–water partition coefficient (Wildman–Crippen LogP) is 2.92.